The Labute approximate surface area is 177 Å². The van der Waals surface area contributed by atoms with Gasteiger partial charge in [0.1, 0.15) is 17.7 Å². The normalized spacial score (nSPS) is 16.4. The summed E-state index contributed by atoms with van der Waals surface area (Å²) in [5.41, 5.74) is 5.17. The molecule has 1 aliphatic heterocycles. The molecular weight excluding hydrogens is 391 g/mol. The van der Waals surface area contributed by atoms with Gasteiger partial charge in [0.15, 0.2) is 11.5 Å². The maximum absolute atomic E-state index is 13.9. The van der Waals surface area contributed by atoms with Gasteiger partial charge in [-0.25, -0.2) is 24.3 Å². The quantitative estimate of drug-likeness (QED) is 0.451. The molecule has 0 amide bonds. The SMILES string of the molecule is Fc1ccc2cc(C3CCCN3c3ncnc4nc[nH]c34)c(-c3ccccc3)nc2c1. The van der Waals surface area contributed by atoms with E-state index in [4.69, 9.17) is 4.98 Å². The minimum atomic E-state index is -0.281. The third-order valence-electron chi connectivity index (χ3n) is 5.94. The Kier molecular flexibility index (Phi) is 4.12. The molecule has 31 heavy (non-hydrogen) atoms. The predicted octanol–water partition coefficient (Wildman–Crippen LogP) is 5.05. The van der Waals surface area contributed by atoms with E-state index in [9.17, 15) is 4.39 Å². The summed E-state index contributed by atoms with van der Waals surface area (Å²) < 4.78 is 13.9. The van der Waals surface area contributed by atoms with Crippen LogP contribution in [0.25, 0.3) is 33.3 Å². The van der Waals surface area contributed by atoms with E-state index >= 15 is 0 Å². The Morgan fingerprint density at radius 1 is 1.00 bits per heavy atom. The minimum absolute atomic E-state index is 0.0959. The summed E-state index contributed by atoms with van der Waals surface area (Å²) in [5.74, 6) is 0.570. The van der Waals surface area contributed by atoms with Crippen molar-refractivity contribution in [3.8, 4) is 11.3 Å². The topological polar surface area (TPSA) is 70.6 Å². The second kappa shape index (κ2) is 7.12. The summed E-state index contributed by atoms with van der Waals surface area (Å²) in [6.07, 6.45) is 5.23. The van der Waals surface area contributed by atoms with E-state index in [-0.39, 0.29) is 11.9 Å². The van der Waals surface area contributed by atoms with Gasteiger partial charge in [0.25, 0.3) is 0 Å². The smallest absolute Gasteiger partial charge is 0.182 e. The lowest BCUT2D eigenvalue weighted by Crippen LogP contribution is -2.24. The Morgan fingerprint density at radius 2 is 1.90 bits per heavy atom. The Hall–Kier alpha value is -3.87. The number of pyridine rings is 1. The monoisotopic (exact) mass is 410 g/mol. The van der Waals surface area contributed by atoms with Crippen LogP contribution in [0.2, 0.25) is 0 Å². The number of imidazole rings is 1. The molecule has 3 aromatic heterocycles. The van der Waals surface area contributed by atoms with Crippen molar-refractivity contribution in [1.29, 1.82) is 0 Å². The zero-order chi connectivity index (χ0) is 20.8. The van der Waals surface area contributed by atoms with E-state index < -0.39 is 0 Å². The van der Waals surface area contributed by atoms with Crippen molar-refractivity contribution in [2.75, 3.05) is 11.4 Å². The summed E-state index contributed by atoms with van der Waals surface area (Å²) in [6.45, 7) is 0.880. The number of benzene rings is 2. The van der Waals surface area contributed by atoms with Crippen LogP contribution in [0.1, 0.15) is 24.4 Å². The van der Waals surface area contributed by atoms with Gasteiger partial charge in [-0.1, -0.05) is 30.3 Å². The molecule has 1 saturated heterocycles. The fourth-order valence-electron chi connectivity index (χ4n) is 4.55. The number of hydrogen-bond acceptors (Lipinski definition) is 5. The molecule has 1 aliphatic rings. The van der Waals surface area contributed by atoms with E-state index in [2.05, 4.69) is 30.9 Å². The molecule has 1 fully saturated rings. The molecule has 152 valence electrons. The summed E-state index contributed by atoms with van der Waals surface area (Å²) >= 11 is 0. The fraction of sp³-hybridized carbons (Fsp3) is 0.167. The molecular formula is C24H19FN6. The van der Waals surface area contributed by atoms with Crippen LogP contribution in [0.3, 0.4) is 0 Å². The van der Waals surface area contributed by atoms with E-state index in [1.54, 1.807) is 18.7 Å². The Balaban J connectivity index is 1.55. The van der Waals surface area contributed by atoms with Crippen LogP contribution in [0.4, 0.5) is 10.2 Å². The van der Waals surface area contributed by atoms with Crippen LogP contribution in [-0.2, 0) is 0 Å². The summed E-state index contributed by atoms with van der Waals surface area (Å²) in [7, 11) is 0. The molecule has 1 atom stereocenters. The van der Waals surface area contributed by atoms with Gasteiger partial charge in [0.2, 0.25) is 0 Å². The van der Waals surface area contributed by atoms with Crippen LogP contribution in [0, 0.1) is 5.82 Å². The molecule has 0 aliphatic carbocycles. The number of H-pyrrole nitrogens is 1. The molecule has 0 radical (unpaired) electrons. The molecule has 7 heteroatoms. The largest absolute Gasteiger partial charge is 0.348 e. The van der Waals surface area contributed by atoms with Gasteiger partial charge in [-0.05, 0) is 31.0 Å². The highest BCUT2D eigenvalue weighted by molar-refractivity contribution is 5.86. The molecule has 0 bridgehead atoms. The van der Waals surface area contributed by atoms with Gasteiger partial charge in [0.05, 0.1) is 23.6 Å². The van der Waals surface area contributed by atoms with Gasteiger partial charge in [-0.3, -0.25) is 0 Å². The lowest BCUT2D eigenvalue weighted by Gasteiger charge is -2.28. The number of nitrogens with one attached hydrogen (secondary N) is 1. The van der Waals surface area contributed by atoms with Gasteiger partial charge >= 0.3 is 0 Å². The van der Waals surface area contributed by atoms with Crippen molar-refractivity contribution in [2.45, 2.75) is 18.9 Å². The molecule has 0 saturated carbocycles. The molecule has 2 aromatic carbocycles. The van der Waals surface area contributed by atoms with Gasteiger partial charge in [-0.2, -0.15) is 0 Å². The average Bonchev–Trinajstić information content (AvgIpc) is 3.48. The number of aromatic nitrogens is 5. The Bertz CT molecular complexity index is 1400. The highest BCUT2D eigenvalue weighted by atomic mass is 19.1. The fourth-order valence-corrected chi connectivity index (χ4v) is 4.55. The predicted molar refractivity (Wildman–Crippen MR) is 118 cm³/mol. The molecule has 5 aromatic rings. The van der Waals surface area contributed by atoms with E-state index in [0.717, 1.165) is 52.9 Å². The zero-order valence-electron chi connectivity index (χ0n) is 16.7. The minimum Gasteiger partial charge on any atom is -0.348 e. The first-order valence-corrected chi connectivity index (χ1v) is 10.3. The van der Waals surface area contributed by atoms with Crippen molar-refractivity contribution in [3.05, 3.63) is 78.6 Å². The highest BCUT2D eigenvalue weighted by Gasteiger charge is 2.31. The first kappa shape index (κ1) is 17.9. The number of halogens is 1. The second-order valence-corrected chi connectivity index (χ2v) is 7.78. The first-order chi connectivity index (χ1) is 15.3. The zero-order valence-corrected chi connectivity index (χ0v) is 16.7. The number of anilines is 1. The van der Waals surface area contributed by atoms with Crippen LogP contribution in [0.5, 0.6) is 0 Å². The van der Waals surface area contributed by atoms with E-state index in [1.807, 2.05) is 30.3 Å². The summed E-state index contributed by atoms with van der Waals surface area (Å²) in [4.78, 5) is 23.5. The number of fused-ring (bicyclic) bond motifs is 2. The Morgan fingerprint density at radius 3 is 2.81 bits per heavy atom. The van der Waals surface area contributed by atoms with Crippen molar-refractivity contribution < 1.29 is 4.39 Å². The number of hydrogen-bond donors (Lipinski definition) is 1. The van der Waals surface area contributed by atoms with E-state index in [0.29, 0.717) is 11.2 Å². The molecule has 1 N–H and O–H groups in total. The third-order valence-corrected chi connectivity index (χ3v) is 5.94. The summed E-state index contributed by atoms with van der Waals surface area (Å²) in [6, 6.07) is 17.1. The average molecular weight is 410 g/mol. The van der Waals surface area contributed by atoms with Crippen LogP contribution >= 0.6 is 0 Å². The maximum atomic E-state index is 13.9. The van der Waals surface area contributed by atoms with Crippen molar-refractivity contribution in [1.82, 2.24) is 24.9 Å². The molecule has 1 unspecified atom stereocenters. The summed E-state index contributed by atoms with van der Waals surface area (Å²) in [5, 5.41) is 0.928. The number of nitrogens with zero attached hydrogens (tertiary/aromatic N) is 5. The number of aromatic amines is 1. The van der Waals surface area contributed by atoms with Crippen molar-refractivity contribution in [2.24, 2.45) is 0 Å². The maximum Gasteiger partial charge on any atom is 0.182 e. The lowest BCUT2D eigenvalue weighted by molar-refractivity contribution is 0.629. The van der Waals surface area contributed by atoms with E-state index in [1.165, 1.54) is 12.1 Å². The van der Waals surface area contributed by atoms with Crippen molar-refractivity contribution >= 4 is 27.9 Å². The molecule has 6 nitrogen and oxygen atoms in total. The first-order valence-electron chi connectivity index (χ1n) is 10.3. The number of rotatable bonds is 3. The lowest BCUT2D eigenvalue weighted by atomic mass is 9.96. The molecule has 4 heterocycles. The highest BCUT2D eigenvalue weighted by Crippen LogP contribution is 2.41. The van der Waals surface area contributed by atoms with Crippen LogP contribution < -0.4 is 4.90 Å². The molecule has 6 rings (SSSR count). The molecule has 0 spiro atoms. The van der Waals surface area contributed by atoms with Crippen molar-refractivity contribution in [3.63, 3.8) is 0 Å². The second-order valence-electron chi connectivity index (χ2n) is 7.78. The third kappa shape index (κ3) is 3.01. The van der Waals surface area contributed by atoms with Gasteiger partial charge in [0, 0.05) is 29.1 Å². The van der Waals surface area contributed by atoms with Gasteiger partial charge < -0.3 is 9.88 Å². The van der Waals surface area contributed by atoms with Crippen LogP contribution in [-0.4, -0.2) is 31.5 Å². The van der Waals surface area contributed by atoms with Gasteiger partial charge in [-0.15, -0.1) is 0 Å². The van der Waals surface area contributed by atoms with Crippen LogP contribution in [0.15, 0.2) is 67.3 Å². The standard InChI is InChI=1S/C24H19FN6/c25-17-9-8-16-11-18(21(30-19(16)12-17)15-5-2-1-3-6-15)20-7-4-10-31(20)24-22-23(27-13-26-22)28-14-29-24/h1-3,5-6,8-9,11-14,20H,4,7,10H2,(H,26,27,28,29).